The lowest BCUT2D eigenvalue weighted by molar-refractivity contribution is 1.14. The molecular formula is C13H13BrN2. The van der Waals surface area contributed by atoms with Gasteiger partial charge in [0, 0.05) is 5.69 Å². The van der Waals surface area contributed by atoms with Gasteiger partial charge in [-0.15, -0.1) is 0 Å². The van der Waals surface area contributed by atoms with Gasteiger partial charge in [0.2, 0.25) is 0 Å². The fraction of sp³-hybridized carbons (Fsp3) is 0.154. The predicted molar refractivity (Wildman–Crippen MR) is 71.0 cm³/mol. The minimum Gasteiger partial charge on any atom is -0.340 e. The molecule has 0 bridgehead atoms. The van der Waals surface area contributed by atoms with Gasteiger partial charge >= 0.3 is 0 Å². The van der Waals surface area contributed by atoms with Crippen LogP contribution in [0.5, 0.6) is 0 Å². The SMILES string of the molecule is CCc1cccc(Nc2cccc(Br)n2)c1. The van der Waals surface area contributed by atoms with Crippen LogP contribution >= 0.6 is 15.9 Å². The van der Waals surface area contributed by atoms with E-state index in [-0.39, 0.29) is 0 Å². The molecule has 0 amide bonds. The van der Waals surface area contributed by atoms with Gasteiger partial charge in [-0.1, -0.05) is 25.1 Å². The van der Waals surface area contributed by atoms with E-state index in [4.69, 9.17) is 0 Å². The Balaban J connectivity index is 2.20. The summed E-state index contributed by atoms with van der Waals surface area (Å²) in [5.74, 6) is 0.850. The van der Waals surface area contributed by atoms with Crippen LogP contribution in [0, 0.1) is 0 Å². The molecule has 16 heavy (non-hydrogen) atoms. The van der Waals surface area contributed by atoms with Gasteiger partial charge in [0.1, 0.15) is 10.4 Å². The van der Waals surface area contributed by atoms with E-state index in [0.717, 1.165) is 22.5 Å². The third kappa shape index (κ3) is 2.83. The average molecular weight is 277 g/mol. The molecule has 2 rings (SSSR count). The van der Waals surface area contributed by atoms with Crippen LogP contribution in [0.25, 0.3) is 0 Å². The number of nitrogens with zero attached hydrogens (tertiary/aromatic N) is 1. The minimum absolute atomic E-state index is 0.837. The summed E-state index contributed by atoms with van der Waals surface area (Å²) in [6.07, 6.45) is 1.04. The molecule has 0 spiro atoms. The Morgan fingerprint density at radius 3 is 2.75 bits per heavy atom. The third-order valence-electron chi connectivity index (χ3n) is 2.32. The molecule has 1 heterocycles. The first-order valence-corrected chi connectivity index (χ1v) is 6.06. The summed E-state index contributed by atoms with van der Waals surface area (Å²) in [6.45, 7) is 2.15. The van der Waals surface area contributed by atoms with Crippen molar-refractivity contribution in [3.8, 4) is 0 Å². The summed E-state index contributed by atoms with van der Waals surface area (Å²) in [6, 6.07) is 14.2. The van der Waals surface area contributed by atoms with Crippen LogP contribution in [0.15, 0.2) is 47.1 Å². The Bertz CT molecular complexity index is 483. The third-order valence-corrected chi connectivity index (χ3v) is 2.76. The van der Waals surface area contributed by atoms with Crippen molar-refractivity contribution in [2.45, 2.75) is 13.3 Å². The summed E-state index contributed by atoms with van der Waals surface area (Å²) in [4.78, 5) is 4.33. The van der Waals surface area contributed by atoms with E-state index in [0.29, 0.717) is 0 Å². The van der Waals surface area contributed by atoms with Crippen LogP contribution in [-0.4, -0.2) is 4.98 Å². The second kappa shape index (κ2) is 5.12. The summed E-state index contributed by atoms with van der Waals surface area (Å²) >= 11 is 3.35. The zero-order valence-electron chi connectivity index (χ0n) is 9.07. The van der Waals surface area contributed by atoms with Crippen LogP contribution in [-0.2, 0) is 6.42 Å². The highest BCUT2D eigenvalue weighted by atomic mass is 79.9. The average Bonchev–Trinajstić information content (AvgIpc) is 2.29. The largest absolute Gasteiger partial charge is 0.340 e. The van der Waals surface area contributed by atoms with Crippen LogP contribution < -0.4 is 5.32 Å². The number of rotatable bonds is 3. The minimum atomic E-state index is 0.837. The molecule has 0 atom stereocenters. The van der Waals surface area contributed by atoms with E-state index < -0.39 is 0 Å². The van der Waals surface area contributed by atoms with E-state index >= 15 is 0 Å². The number of halogens is 1. The van der Waals surface area contributed by atoms with Crippen molar-refractivity contribution in [2.24, 2.45) is 0 Å². The molecule has 0 unspecified atom stereocenters. The standard InChI is InChI=1S/C13H13BrN2/c1-2-10-5-3-6-11(9-10)15-13-8-4-7-12(14)16-13/h3-9H,2H2,1H3,(H,15,16). The zero-order valence-corrected chi connectivity index (χ0v) is 10.7. The first-order chi connectivity index (χ1) is 7.78. The number of anilines is 2. The predicted octanol–water partition coefficient (Wildman–Crippen LogP) is 4.15. The molecule has 2 aromatic rings. The lowest BCUT2D eigenvalue weighted by atomic mass is 10.1. The van der Waals surface area contributed by atoms with E-state index in [1.54, 1.807) is 0 Å². The van der Waals surface area contributed by atoms with Gasteiger partial charge in [-0.3, -0.25) is 0 Å². The monoisotopic (exact) mass is 276 g/mol. The molecule has 82 valence electrons. The molecule has 1 N–H and O–H groups in total. The van der Waals surface area contributed by atoms with Crippen LogP contribution in [0.4, 0.5) is 11.5 Å². The second-order valence-corrected chi connectivity index (χ2v) is 4.34. The van der Waals surface area contributed by atoms with Crippen molar-refractivity contribution in [3.63, 3.8) is 0 Å². The number of nitrogens with one attached hydrogen (secondary N) is 1. The number of hydrogen-bond donors (Lipinski definition) is 1. The summed E-state index contributed by atoms with van der Waals surface area (Å²) < 4.78 is 0.837. The van der Waals surface area contributed by atoms with Crippen LogP contribution in [0.1, 0.15) is 12.5 Å². The Morgan fingerprint density at radius 1 is 1.19 bits per heavy atom. The van der Waals surface area contributed by atoms with Gasteiger partial charge in [0.05, 0.1) is 0 Å². The van der Waals surface area contributed by atoms with Gasteiger partial charge in [-0.25, -0.2) is 4.98 Å². The van der Waals surface area contributed by atoms with Gasteiger partial charge < -0.3 is 5.32 Å². The van der Waals surface area contributed by atoms with Gasteiger partial charge in [-0.05, 0) is 52.2 Å². The maximum absolute atomic E-state index is 4.33. The summed E-state index contributed by atoms with van der Waals surface area (Å²) in [5, 5.41) is 3.28. The fourth-order valence-electron chi connectivity index (χ4n) is 1.49. The maximum atomic E-state index is 4.33. The normalized spacial score (nSPS) is 10.1. The van der Waals surface area contributed by atoms with Gasteiger partial charge in [0.25, 0.3) is 0 Å². The number of aryl methyl sites for hydroxylation is 1. The van der Waals surface area contributed by atoms with Crippen molar-refractivity contribution in [3.05, 3.63) is 52.6 Å². The van der Waals surface area contributed by atoms with Crippen LogP contribution in [0.2, 0.25) is 0 Å². The lowest BCUT2D eigenvalue weighted by Crippen LogP contribution is -1.94. The first-order valence-electron chi connectivity index (χ1n) is 5.26. The number of pyridine rings is 1. The maximum Gasteiger partial charge on any atom is 0.131 e. The molecule has 2 nitrogen and oxygen atoms in total. The second-order valence-electron chi connectivity index (χ2n) is 3.52. The van der Waals surface area contributed by atoms with E-state index in [1.807, 2.05) is 24.3 Å². The molecule has 0 fully saturated rings. The number of aromatic nitrogens is 1. The highest BCUT2D eigenvalue weighted by Gasteiger charge is 1.97. The Kier molecular flexibility index (Phi) is 3.57. The fourth-order valence-corrected chi connectivity index (χ4v) is 1.84. The van der Waals surface area contributed by atoms with Crippen molar-refractivity contribution in [1.82, 2.24) is 4.98 Å². The van der Waals surface area contributed by atoms with Crippen molar-refractivity contribution >= 4 is 27.4 Å². The first kappa shape index (κ1) is 11.1. The molecule has 0 saturated carbocycles. The lowest BCUT2D eigenvalue weighted by Gasteiger charge is -2.07. The summed E-state index contributed by atoms with van der Waals surface area (Å²) in [5.41, 5.74) is 2.39. The van der Waals surface area contributed by atoms with Gasteiger partial charge in [0.15, 0.2) is 0 Å². The number of benzene rings is 1. The van der Waals surface area contributed by atoms with Crippen molar-refractivity contribution in [2.75, 3.05) is 5.32 Å². The van der Waals surface area contributed by atoms with Crippen molar-refractivity contribution < 1.29 is 0 Å². The molecule has 1 aromatic heterocycles. The van der Waals surface area contributed by atoms with Gasteiger partial charge in [-0.2, -0.15) is 0 Å². The molecular weight excluding hydrogens is 264 g/mol. The molecule has 0 aliphatic rings. The Labute approximate surface area is 104 Å². The molecule has 3 heteroatoms. The molecule has 0 saturated heterocycles. The molecule has 0 aliphatic carbocycles. The quantitative estimate of drug-likeness (QED) is 0.852. The van der Waals surface area contributed by atoms with E-state index in [2.05, 4.69) is 51.4 Å². The highest BCUT2D eigenvalue weighted by Crippen LogP contribution is 2.17. The summed E-state index contributed by atoms with van der Waals surface area (Å²) in [7, 11) is 0. The zero-order chi connectivity index (χ0) is 11.4. The van der Waals surface area contributed by atoms with Crippen molar-refractivity contribution in [1.29, 1.82) is 0 Å². The number of hydrogen-bond acceptors (Lipinski definition) is 2. The smallest absolute Gasteiger partial charge is 0.131 e. The topological polar surface area (TPSA) is 24.9 Å². The Morgan fingerprint density at radius 2 is 2.00 bits per heavy atom. The van der Waals surface area contributed by atoms with E-state index in [1.165, 1.54) is 5.56 Å². The Hall–Kier alpha value is -1.35. The molecule has 0 aliphatic heterocycles. The van der Waals surface area contributed by atoms with Crippen LogP contribution in [0.3, 0.4) is 0 Å². The van der Waals surface area contributed by atoms with E-state index in [9.17, 15) is 0 Å². The molecule has 0 radical (unpaired) electrons. The molecule has 1 aromatic carbocycles. The highest BCUT2D eigenvalue weighted by molar-refractivity contribution is 9.10.